The van der Waals surface area contributed by atoms with E-state index in [1.807, 2.05) is 32.0 Å². The van der Waals surface area contributed by atoms with Crippen LogP contribution in [0.1, 0.15) is 61.7 Å². The van der Waals surface area contributed by atoms with Gasteiger partial charge < -0.3 is 19.4 Å². The molecule has 2 aliphatic rings. The average Bonchev–Trinajstić information content (AvgIpc) is 3.52. The predicted molar refractivity (Wildman–Crippen MR) is 125 cm³/mol. The Morgan fingerprint density at radius 3 is 2.47 bits per heavy atom. The molecule has 2 heterocycles. The Morgan fingerprint density at radius 2 is 1.79 bits per heavy atom. The summed E-state index contributed by atoms with van der Waals surface area (Å²) < 4.78 is 25.9. The second-order valence-electron chi connectivity index (χ2n) is 9.37. The van der Waals surface area contributed by atoms with Gasteiger partial charge in [0.2, 0.25) is 0 Å². The summed E-state index contributed by atoms with van der Waals surface area (Å²) in [4.78, 5) is 30.7. The second-order valence-corrected chi connectivity index (χ2v) is 9.37. The average molecular weight is 466 g/mol. The molecule has 1 N–H and O–H groups in total. The lowest BCUT2D eigenvalue weighted by molar-refractivity contribution is 0.0681. The Labute approximate surface area is 197 Å². The van der Waals surface area contributed by atoms with E-state index in [1.54, 1.807) is 11.0 Å². The van der Waals surface area contributed by atoms with Gasteiger partial charge in [0, 0.05) is 25.0 Å². The third kappa shape index (κ3) is 4.76. The molecule has 1 aliphatic carbocycles. The number of nitrogens with one attached hydrogen (secondary N) is 1. The van der Waals surface area contributed by atoms with Crippen LogP contribution in [0, 0.1) is 5.82 Å². The van der Waals surface area contributed by atoms with Gasteiger partial charge in [0.05, 0.1) is 11.7 Å². The van der Waals surface area contributed by atoms with Crippen molar-refractivity contribution in [1.29, 1.82) is 0 Å². The van der Waals surface area contributed by atoms with Crippen LogP contribution in [0.15, 0.2) is 40.8 Å². The fourth-order valence-corrected chi connectivity index (χ4v) is 4.25. The van der Waals surface area contributed by atoms with Crippen LogP contribution in [0.5, 0.6) is 0 Å². The SMILES string of the molecule is CC(C)OC(=O)N1CCC(c2nc3cc(-c4ccc(C(=O)NC5CC5)c(F)c4)ccc3o2)CC1. The largest absolute Gasteiger partial charge is 0.447 e. The summed E-state index contributed by atoms with van der Waals surface area (Å²) in [5.41, 5.74) is 2.89. The number of halogens is 1. The molecule has 1 saturated carbocycles. The van der Waals surface area contributed by atoms with E-state index >= 15 is 0 Å². The monoisotopic (exact) mass is 465 g/mol. The number of ether oxygens (including phenoxy) is 1. The number of rotatable bonds is 5. The number of amides is 2. The van der Waals surface area contributed by atoms with Crippen molar-refractivity contribution < 1.29 is 23.1 Å². The van der Waals surface area contributed by atoms with Crippen LogP contribution in [0.2, 0.25) is 0 Å². The first-order valence-electron chi connectivity index (χ1n) is 11.8. The van der Waals surface area contributed by atoms with Gasteiger partial charge in [-0.2, -0.15) is 0 Å². The third-order valence-corrected chi connectivity index (χ3v) is 6.30. The number of hydrogen-bond acceptors (Lipinski definition) is 5. The minimum absolute atomic E-state index is 0.0593. The summed E-state index contributed by atoms with van der Waals surface area (Å²) in [7, 11) is 0. The summed E-state index contributed by atoms with van der Waals surface area (Å²) in [6.07, 6.45) is 2.99. The second kappa shape index (κ2) is 9.08. The summed E-state index contributed by atoms with van der Waals surface area (Å²) >= 11 is 0. The van der Waals surface area contributed by atoms with Crippen LogP contribution >= 0.6 is 0 Å². The van der Waals surface area contributed by atoms with Gasteiger partial charge >= 0.3 is 6.09 Å². The lowest BCUT2D eigenvalue weighted by atomic mass is 9.97. The first-order valence-corrected chi connectivity index (χ1v) is 11.8. The fourth-order valence-electron chi connectivity index (χ4n) is 4.25. The van der Waals surface area contributed by atoms with E-state index in [1.165, 1.54) is 12.1 Å². The first kappa shape index (κ1) is 22.4. The summed E-state index contributed by atoms with van der Waals surface area (Å²) in [5.74, 6) is -0.131. The molecular weight excluding hydrogens is 437 g/mol. The molecule has 2 amide bonds. The fraction of sp³-hybridized carbons (Fsp3) is 0.423. The maximum atomic E-state index is 14.6. The molecule has 8 heteroatoms. The Bertz CT molecular complexity index is 1230. The molecule has 178 valence electrons. The van der Waals surface area contributed by atoms with E-state index in [9.17, 15) is 14.0 Å². The summed E-state index contributed by atoms with van der Waals surface area (Å²) in [5, 5.41) is 2.82. The number of fused-ring (bicyclic) bond motifs is 1. The maximum absolute atomic E-state index is 14.6. The van der Waals surface area contributed by atoms with Gasteiger partial charge in [0.1, 0.15) is 11.3 Å². The lowest BCUT2D eigenvalue weighted by Crippen LogP contribution is -2.39. The highest BCUT2D eigenvalue weighted by atomic mass is 19.1. The number of likely N-dealkylation sites (tertiary alicyclic amines) is 1. The van der Waals surface area contributed by atoms with Crippen molar-refractivity contribution >= 4 is 23.1 Å². The van der Waals surface area contributed by atoms with Gasteiger partial charge in [-0.25, -0.2) is 14.2 Å². The Morgan fingerprint density at radius 1 is 1.09 bits per heavy atom. The first-order chi connectivity index (χ1) is 16.4. The van der Waals surface area contributed by atoms with Gasteiger partial charge in [-0.1, -0.05) is 12.1 Å². The molecule has 0 unspecified atom stereocenters. The van der Waals surface area contributed by atoms with Crippen LogP contribution < -0.4 is 5.32 Å². The molecule has 1 aromatic heterocycles. The number of carbonyl (C=O) groups is 2. The number of piperidine rings is 1. The van der Waals surface area contributed by atoms with Gasteiger partial charge in [0.15, 0.2) is 11.5 Å². The van der Waals surface area contributed by atoms with Gasteiger partial charge in [-0.3, -0.25) is 4.79 Å². The molecule has 2 aromatic carbocycles. The number of aromatic nitrogens is 1. The van der Waals surface area contributed by atoms with Gasteiger partial charge in [-0.15, -0.1) is 0 Å². The minimum Gasteiger partial charge on any atom is -0.447 e. The molecule has 34 heavy (non-hydrogen) atoms. The van der Waals surface area contributed by atoms with Crippen molar-refractivity contribution in [3.05, 3.63) is 53.7 Å². The summed E-state index contributed by atoms with van der Waals surface area (Å²) in [6.45, 7) is 4.87. The van der Waals surface area contributed by atoms with Crippen molar-refractivity contribution in [2.75, 3.05) is 13.1 Å². The molecule has 0 bridgehead atoms. The standard InChI is InChI=1S/C26H28FN3O4/c1-15(2)33-26(32)30-11-9-16(10-12-30)25-29-22-14-18(4-8-23(22)34-25)17-3-7-20(21(27)13-17)24(31)28-19-5-6-19/h3-4,7-8,13-16,19H,5-6,9-12H2,1-2H3,(H,28,31). The van der Waals surface area contributed by atoms with E-state index in [0.29, 0.717) is 35.6 Å². The van der Waals surface area contributed by atoms with Gasteiger partial charge in [0.25, 0.3) is 5.91 Å². The molecule has 1 aliphatic heterocycles. The maximum Gasteiger partial charge on any atom is 0.410 e. The van der Waals surface area contributed by atoms with E-state index in [2.05, 4.69) is 10.3 Å². The van der Waals surface area contributed by atoms with Crippen molar-refractivity contribution in [2.24, 2.45) is 0 Å². The highest BCUT2D eigenvalue weighted by molar-refractivity contribution is 5.95. The highest BCUT2D eigenvalue weighted by Gasteiger charge is 2.28. The molecule has 2 fully saturated rings. The van der Waals surface area contributed by atoms with Crippen LogP contribution in [-0.4, -0.2) is 47.1 Å². The number of carbonyl (C=O) groups excluding carboxylic acids is 2. The van der Waals surface area contributed by atoms with Gasteiger partial charge in [-0.05, 0) is 74.9 Å². The Hall–Kier alpha value is -3.42. The molecule has 1 saturated heterocycles. The minimum atomic E-state index is -0.542. The Balaban J connectivity index is 1.29. The predicted octanol–water partition coefficient (Wildman–Crippen LogP) is 5.25. The van der Waals surface area contributed by atoms with Crippen molar-refractivity contribution in [3.8, 4) is 11.1 Å². The normalized spacial score (nSPS) is 16.8. The third-order valence-electron chi connectivity index (χ3n) is 6.30. The molecular formula is C26H28FN3O4. The number of hydrogen-bond donors (Lipinski definition) is 1. The molecule has 0 radical (unpaired) electrons. The number of nitrogens with zero attached hydrogens (tertiary/aromatic N) is 2. The topological polar surface area (TPSA) is 84.7 Å². The number of benzene rings is 2. The molecule has 5 rings (SSSR count). The Kier molecular flexibility index (Phi) is 5.98. The highest BCUT2D eigenvalue weighted by Crippen LogP contribution is 2.32. The molecule has 0 atom stereocenters. The molecule has 0 spiro atoms. The van der Waals surface area contributed by atoms with Crippen LogP contribution in [-0.2, 0) is 4.74 Å². The zero-order valence-corrected chi connectivity index (χ0v) is 19.3. The molecule has 3 aromatic rings. The van der Waals surface area contributed by atoms with E-state index in [4.69, 9.17) is 9.15 Å². The van der Waals surface area contributed by atoms with Crippen molar-refractivity contribution in [2.45, 2.75) is 57.6 Å². The molecule has 7 nitrogen and oxygen atoms in total. The van der Waals surface area contributed by atoms with E-state index in [-0.39, 0.29) is 35.6 Å². The smallest absolute Gasteiger partial charge is 0.410 e. The zero-order chi connectivity index (χ0) is 23.8. The van der Waals surface area contributed by atoms with Crippen LogP contribution in [0.3, 0.4) is 0 Å². The lowest BCUT2D eigenvalue weighted by Gasteiger charge is -2.30. The number of oxazole rings is 1. The zero-order valence-electron chi connectivity index (χ0n) is 19.3. The van der Waals surface area contributed by atoms with E-state index in [0.717, 1.165) is 31.2 Å². The summed E-state index contributed by atoms with van der Waals surface area (Å²) in [6, 6.07) is 10.4. The van der Waals surface area contributed by atoms with Crippen LogP contribution in [0.25, 0.3) is 22.2 Å². The van der Waals surface area contributed by atoms with Crippen molar-refractivity contribution in [1.82, 2.24) is 15.2 Å². The van der Waals surface area contributed by atoms with E-state index < -0.39 is 5.82 Å². The van der Waals surface area contributed by atoms with Crippen LogP contribution in [0.4, 0.5) is 9.18 Å². The quantitative estimate of drug-likeness (QED) is 0.556. The van der Waals surface area contributed by atoms with Crippen molar-refractivity contribution in [3.63, 3.8) is 0 Å².